The van der Waals surface area contributed by atoms with Crippen LogP contribution in [-0.4, -0.2) is 32.8 Å². The first-order valence-corrected chi connectivity index (χ1v) is 8.95. The Morgan fingerprint density at radius 3 is 2.80 bits per heavy atom. The summed E-state index contributed by atoms with van der Waals surface area (Å²) in [6, 6.07) is 0. The van der Waals surface area contributed by atoms with Gasteiger partial charge in [0, 0.05) is 26.1 Å². The lowest BCUT2D eigenvalue weighted by Gasteiger charge is -2.33. The topological polar surface area (TPSA) is 64.2 Å². The van der Waals surface area contributed by atoms with Crippen molar-refractivity contribution in [3.05, 3.63) is 33.9 Å². The summed E-state index contributed by atoms with van der Waals surface area (Å²) in [4.78, 5) is 14.5. The van der Waals surface area contributed by atoms with Crippen molar-refractivity contribution in [1.82, 2.24) is 19.8 Å². The number of amides is 1. The zero-order valence-electron chi connectivity index (χ0n) is 15.5. The van der Waals surface area contributed by atoms with Gasteiger partial charge in [-0.1, -0.05) is 37.5 Å². The van der Waals surface area contributed by atoms with Gasteiger partial charge in [0.1, 0.15) is 5.76 Å². The fourth-order valence-corrected chi connectivity index (χ4v) is 3.63. The predicted molar refractivity (Wildman–Crippen MR) is 95.5 cm³/mol. The van der Waals surface area contributed by atoms with Gasteiger partial charge in [-0.3, -0.25) is 9.48 Å². The van der Waals surface area contributed by atoms with Crippen LogP contribution in [0.15, 0.2) is 10.7 Å². The molecule has 2 aromatic heterocycles. The van der Waals surface area contributed by atoms with E-state index in [2.05, 4.69) is 31.0 Å². The van der Waals surface area contributed by atoms with Crippen molar-refractivity contribution in [1.29, 1.82) is 0 Å². The smallest absolute Gasteiger partial charge is 0.276 e. The van der Waals surface area contributed by atoms with E-state index in [1.165, 1.54) is 0 Å². The number of rotatable bonds is 3. The average molecular weight is 365 g/mol. The summed E-state index contributed by atoms with van der Waals surface area (Å²) < 4.78 is 7.14. The molecule has 0 aromatic carbocycles. The minimum Gasteiger partial charge on any atom is -0.360 e. The van der Waals surface area contributed by atoms with Gasteiger partial charge in [-0.2, -0.15) is 5.10 Å². The van der Waals surface area contributed by atoms with Crippen molar-refractivity contribution in [3.63, 3.8) is 0 Å². The van der Waals surface area contributed by atoms with E-state index in [4.69, 9.17) is 16.1 Å². The first-order chi connectivity index (χ1) is 11.7. The quantitative estimate of drug-likeness (QED) is 0.836. The lowest BCUT2D eigenvalue weighted by Crippen LogP contribution is -2.31. The molecule has 0 saturated carbocycles. The lowest BCUT2D eigenvalue weighted by atomic mass is 9.71. The molecule has 1 amide bonds. The molecule has 7 heteroatoms. The van der Waals surface area contributed by atoms with Crippen molar-refractivity contribution in [2.24, 2.45) is 18.4 Å². The van der Waals surface area contributed by atoms with Gasteiger partial charge in [-0.15, -0.1) is 0 Å². The minimum absolute atomic E-state index is 0.142. The molecule has 2 aromatic rings. The molecule has 3 rings (SSSR count). The molecule has 0 saturated heterocycles. The van der Waals surface area contributed by atoms with Crippen LogP contribution < -0.4 is 0 Å². The maximum absolute atomic E-state index is 12.9. The Morgan fingerprint density at radius 1 is 1.48 bits per heavy atom. The summed E-state index contributed by atoms with van der Waals surface area (Å²) in [5.41, 5.74) is 2.40. The van der Waals surface area contributed by atoms with E-state index >= 15 is 0 Å². The Balaban J connectivity index is 1.81. The number of aryl methyl sites for hydroxylation is 2. The molecule has 2 heterocycles. The Morgan fingerprint density at radius 2 is 2.20 bits per heavy atom. The molecule has 1 aliphatic carbocycles. The third kappa shape index (κ3) is 3.45. The van der Waals surface area contributed by atoms with E-state index in [-0.39, 0.29) is 11.3 Å². The van der Waals surface area contributed by atoms with Gasteiger partial charge >= 0.3 is 0 Å². The highest BCUT2D eigenvalue weighted by atomic mass is 35.5. The molecule has 0 bridgehead atoms. The van der Waals surface area contributed by atoms with Crippen LogP contribution in [0.2, 0.25) is 5.02 Å². The number of carbonyl (C=O) groups is 1. The van der Waals surface area contributed by atoms with Crippen LogP contribution >= 0.6 is 11.6 Å². The number of hydrogen-bond donors (Lipinski definition) is 0. The second-order valence-corrected chi connectivity index (χ2v) is 8.37. The largest absolute Gasteiger partial charge is 0.360 e. The van der Waals surface area contributed by atoms with Gasteiger partial charge in [-0.25, -0.2) is 0 Å². The Hall–Kier alpha value is -1.82. The summed E-state index contributed by atoms with van der Waals surface area (Å²) in [7, 11) is 3.56. The van der Waals surface area contributed by atoms with Crippen LogP contribution in [0, 0.1) is 11.3 Å². The molecule has 0 aliphatic heterocycles. The number of nitrogens with zero attached hydrogens (tertiary/aromatic N) is 4. The normalized spacial score (nSPS) is 17.4. The second kappa shape index (κ2) is 6.48. The molecule has 0 fully saturated rings. The van der Waals surface area contributed by atoms with Crippen LogP contribution in [0.5, 0.6) is 0 Å². The zero-order chi connectivity index (χ0) is 18.4. The Bertz CT molecular complexity index is 768. The predicted octanol–water partition coefficient (Wildman–Crippen LogP) is 3.48. The van der Waals surface area contributed by atoms with E-state index in [0.29, 0.717) is 23.2 Å². The molecular weight excluding hydrogens is 340 g/mol. The lowest BCUT2D eigenvalue weighted by molar-refractivity contribution is 0.0770. The summed E-state index contributed by atoms with van der Waals surface area (Å²) in [6.07, 6.45) is 4.33. The van der Waals surface area contributed by atoms with Crippen molar-refractivity contribution in [2.75, 3.05) is 7.05 Å². The summed E-state index contributed by atoms with van der Waals surface area (Å²) in [5.74, 6) is 1.23. The summed E-state index contributed by atoms with van der Waals surface area (Å²) >= 11 is 6.15. The van der Waals surface area contributed by atoms with E-state index in [0.717, 1.165) is 36.3 Å². The van der Waals surface area contributed by atoms with Gasteiger partial charge in [0.05, 0.1) is 23.5 Å². The van der Waals surface area contributed by atoms with E-state index in [1.807, 2.05) is 7.05 Å². The second-order valence-electron chi connectivity index (χ2n) is 7.96. The van der Waals surface area contributed by atoms with Gasteiger partial charge in [0.2, 0.25) is 0 Å². The summed E-state index contributed by atoms with van der Waals surface area (Å²) in [6.45, 7) is 7.11. The van der Waals surface area contributed by atoms with Gasteiger partial charge in [-0.05, 0) is 24.2 Å². The third-order valence-corrected chi connectivity index (χ3v) is 5.53. The standard InChI is InChI=1S/C18H25ClN4O2/c1-18(2,3)11-6-7-15-12(8-11)16(21-25-15)17(24)22(4)10-14-13(19)9-20-23(14)5/h9,11H,6-8,10H2,1-5H3. The number of halogens is 1. The van der Waals surface area contributed by atoms with Crippen molar-refractivity contribution in [3.8, 4) is 0 Å². The molecule has 1 unspecified atom stereocenters. The van der Waals surface area contributed by atoms with Gasteiger partial charge in [0.25, 0.3) is 5.91 Å². The average Bonchev–Trinajstić information content (AvgIpc) is 3.11. The fraction of sp³-hybridized carbons (Fsp3) is 0.611. The van der Waals surface area contributed by atoms with E-state index in [9.17, 15) is 4.79 Å². The van der Waals surface area contributed by atoms with Crippen molar-refractivity contribution < 1.29 is 9.32 Å². The molecule has 25 heavy (non-hydrogen) atoms. The van der Waals surface area contributed by atoms with Crippen molar-refractivity contribution >= 4 is 17.5 Å². The molecule has 0 N–H and O–H groups in total. The fourth-order valence-electron chi connectivity index (χ4n) is 3.40. The molecule has 6 nitrogen and oxygen atoms in total. The highest BCUT2D eigenvalue weighted by Gasteiger charge is 2.34. The Labute approximate surface area is 153 Å². The van der Waals surface area contributed by atoms with E-state index < -0.39 is 0 Å². The number of aromatic nitrogens is 3. The number of hydrogen-bond acceptors (Lipinski definition) is 4. The molecule has 136 valence electrons. The SMILES string of the molecule is CN(Cc1c(Cl)cnn1C)C(=O)c1noc2c1CC(C(C)(C)C)CC2. The molecular formula is C18H25ClN4O2. The van der Waals surface area contributed by atoms with Crippen LogP contribution in [0.25, 0.3) is 0 Å². The molecule has 1 aliphatic rings. The highest BCUT2D eigenvalue weighted by molar-refractivity contribution is 6.31. The zero-order valence-corrected chi connectivity index (χ0v) is 16.2. The molecule has 1 atom stereocenters. The minimum atomic E-state index is -0.142. The van der Waals surface area contributed by atoms with Gasteiger partial charge in [0.15, 0.2) is 5.69 Å². The maximum atomic E-state index is 12.9. The number of fused-ring (bicyclic) bond motifs is 1. The van der Waals surface area contributed by atoms with Crippen LogP contribution in [0.1, 0.15) is 54.7 Å². The van der Waals surface area contributed by atoms with Gasteiger partial charge < -0.3 is 9.42 Å². The van der Waals surface area contributed by atoms with Crippen LogP contribution in [0.4, 0.5) is 0 Å². The van der Waals surface area contributed by atoms with Crippen LogP contribution in [-0.2, 0) is 26.4 Å². The highest BCUT2D eigenvalue weighted by Crippen LogP contribution is 2.38. The molecule has 0 spiro atoms. The third-order valence-electron chi connectivity index (χ3n) is 5.21. The monoisotopic (exact) mass is 364 g/mol. The Kier molecular flexibility index (Phi) is 4.66. The maximum Gasteiger partial charge on any atom is 0.276 e. The first-order valence-electron chi connectivity index (χ1n) is 8.57. The first kappa shape index (κ1) is 18.0. The number of carbonyl (C=O) groups excluding carboxylic acids is 1. The van der Waals surface area contributed by atoms with E-state index in [1.54, 1.807) is 22.8 Å². The molecule has 0 radical (unpaired) electrons. The van der Waals surface area contributed by atoms with Crippen LogP contribution in [0.3, 0.4) is 0 Å². The summed E-state index contributed by atoms with van der Waals surface area (Å²) in [5, 5.41) is 8.75. The van der Waals surface area contributed by atoms with Crippen molar-refractivity contribution in [2.45, 2.75) is 46.6 Å².